The fourth-order valence-corrected chi connectivity index (χ4v) is 3.10. The highest BCUT2D eigenvalue weighted by Gasteiger charge is 2.15. The highest BCUT2D eigenvalue weighted by atomic mass is 16.5. The Morgan fingerprint density at radius 1 is 0.800 bits per heavy atom. The van der Waals surface area contributed by atoms with E-state index in [-0.39, 0.29) is 6.23 Å². The van der Waals surface area contributed by atoms with Crippen molar-refractivity contribution in [2.24, 2.45) is 0 Å². The van der Waals surface area contributed by atoms with Crippen molar-refractivity contribution in [1.82, 2.24) is 0 Å². The van der Waals surface area contributed by atoms with Crippen LogP contribution in [0.1, 0.15) is 25.0 Å². The van der Waals surface area contributed by atoms with Gasteiger partial charge in [-0.15, -0.1) is 0 Å². The fraction of sp³-hybridized carbons (Fsp3) is 0.217. The van der Waals surface area contributed by atoms with Crippen molar-refractivity contribution in [3.63, 3.8) is 0 Å². The number of ether oxygens (including phenoxy) is 1. The highest BCUT2D eigenvalue weighted by molar-refractivity contribution is 5.47. The second kappa shape index (κ2) is 8.39. The van der Waals surface area contributed by atoms with Crippen LogP contribution in [0.3, 0.4) is 0 Å². The Labute approximate surface area is 150 Å². The van der Waals surface area contributed by atoms with Crippen LogP contribution in [-0.2, 0) is 6.42 Å². The molecule has 3 aromatic rings. The number of anilines is 1. The number of para-hydroxylation sites is 2. The number of nitrogens with zero attached hydrogens (tertiary/aromatic N) is 1. The molecule has 0 aliphatic carbocycles. The van der Waals surface area contributed by atoms with Crippen molar-refractivity contribution in [1.29, 1.82) is 0 Å². The van der Waals surface area contributed by atoms with Crippen LogP contribution in [0.5, 0.6) is 5.75 Å². The zero-order valence-electron chi connectivity index (χ0n) is 14.9. The molecule has 0 saturated carbocycles. The smallest absolute Gasteiger partial charge is 0.169 e. The summed E-state index contributed by atoms with van der Waals surface area (Å²) in [5, 5.41) is 0. The highest BCUT2D eigenvalue weighted by Crippen LogP contribution is 2.25. The van der Waals surface area contributed by atoms with Gasteiger partial charge in [0.05, 0.1) is 0 Å². The molecule has 25 heavy (non-hydrogen) atoms. The zero-order chi connectivity index (χ0) is 17.5. The van der Waals surface area contributed by atoms with Gasteiger partial charge in [0.2, 0.25) is 0 Å². The zero-order valence-corrected chi connectivity index (χ0v) is 14.9. The Balaban J connectivity index is 1.78. The summed E-state index contributed by atoms with van der Waals surface area (Å²) in [6.07, 6.45) is 0.839. The van der Waals surface area contributed by atoms with Crippen LogP contribution in [0.25, 0.3) is 0 Å². The lowest BCUT2D eigenvalue weighted by Crippen LogP contribution is -2.37. The molecule has 0 saturated heterocycles. The molecule has 2 nitrogen and oxygen atoms in total. The van der Waals surface area contributed by atoms with Crippen LogP contribution in [0, 0.1) is 0 Å². The summed E-state index contributed by atoms with van der Waals surface area (Å²) in [6, 6.07) is 29.3. The maximum atomic E-state index is 6.35. The molecule has 2 heteroatoms. The predicted octanol–water partition coefficient (Wildman–Crippen LogP) is 5.53. The van der Waals surface area contributed by atoms with Gasteiger partial charge in [-0.3, -0.25) is 0 Å². The maximum Gasteiger partial charge on any atom is 0.169 e. The summed E-state index contributed by atoms with van der Waals surface area (Å²) in [7, 11) is 0. The van der Waals surface area contributed by atoms with E-state index in [1.54, 1.807) is 0 Å². The molecule has 0 aliphatic heterocycles. The molecule has 0 spiro atoms. The van der Waals surface area contributed by atoms with Crippen molar-refractivity contribution in [3.8, 4) is 5.75 Å². The third kappa shape index (κ3) is 4.42. The Morgan fingerprint density at radius 2 is 1.40 bits per heavy atom. The molecule has 1 unspecified atom stereocenters. The number of rotatable bonds is 7. The molecule has 128 valence electrons. The third-order valence-electron chi connectivity index (χ3n) is 4.37. The average molecular weight is 331 g/mol. The second-order valence-corrected chi connectivity index (χ2v) is 6.11. The van der Waals surface area contributed by atoms with E-state index in [2.05, 4.69) is 85.5 Å². The summed E-state index contributed by atoms with van der Waals surface area (Å²) in [5.74, 6) is 0.952. The standard InChI is InChI=1S/C23H25NO/c1-3-24(22-15-8-5-9-16-22)19(2)25-23-17-11-10-14-21(23)18-20-12-6-4-7-13-20/h4-17,19H,3,18H2,1-2H3. The third-order valence-corrected chi connectivity index (χ3v) is 4.37. The maximum absolute atomic E-state index is 6.35. The Kier molecular flexibility index (Phi) is 5.73. The monoisotopic (exact) mass is 331 g/mol. The first-order valence-electron chi connectivity index (χ1n) is 8.88. The van der Waals surface area contributed by atoms with E-state index in [0.717, 1.165) is 18.7 Å². The SMILES string of the molecule is CCN(c1ccccc1)C(C)Oc1ccccc1Cc1ccccc1. The van der Waals surface area contributed by atoms with Gasteiger partial charge in [0.1, 0.15) is 5.75 Å². The lowest BCUT2D eigenvalue weighted by molar-refractivity contribution is 0.214. The Hall–Kier alpha value is -2.74. The summed E-state index contributed by atoms with van der Waals surface area (Å²) in [4.78, 5) is 2.26. The molecule has 3 rings (SSSR count). The Morgan fingerprint density at radius 3 is 2.08 bits per heavy atom. The second-order valence-electron chi connectivity index (χ2n) is 6.11. The van der Waals surface area contributed by atoms with E-state index in [1.807, 2.05) is 18.2 Å². The van der Waals surface area contributed by atoms with Crippen molar-refractivity contribution in [3.05, 3.63) is 96.1 Å². The first-order chi connectivity index (χ1) is 12.3. The molecule has 0 amide bonds. The molecule has 3 aromatic carbocycles. The topological polar surface area (TPSA) is 12.5 Å². The largest absolute Gasteiger partial charge is 0.471 e. The van der Waals surface area contributed by atoms with Crippen LogP contribution < -0.4 is 9.64 Å². The number of hydrogen-bond acceptors (Lipinski definition) is 2. The first kappa shape index (κ1) is 17.1. The van der Waals surface area contributed by atoms with E-state index >= 15 is 0 Å². The summed E-state index contributed by atoms with van der Waals surface area (Å²) >= 11 is 0. The normalized spacial score (nSPS) is 11.8. The minimum Gasteiger partial charge on any atom is -0.471 e. The van der Waals surface area contributed by atoms with Crippen LogP contribution in [0.15, 0.2) is 84.9 Å². The number of benzene rings is 3. The van der Waals surface area contributed by atoms with Gasteiger partial charge in [-0.2, -0.15) is 0 Å². The molecule has 0 N–H and O–H groups in total. The average Bonchev–Trinajstić information content (AvgIpc) is 2.66. The van der Waals surface area contributed by atoms with Gasteiger partial charge in [0.25, 0.3) is 0 Å². The van der Waals surface area contributed by atoms with Crippen molar-refractivity contribution in [2.75, 3.05) is 11.4 Å². The first-order valence-corrected chi connectivity index (χ1v) is 8.88. The number of hydrogen-bond donors (Lipinski definition) is 0. The predicted molar refractivity (Wildman–Crippen MR) is 105 cm³/mol. The lowest BCUT2D eigenvalue weighted by Gasteiger charge is -2.31. The lowest BCUT2D eigenvalue weighted by atomic mass is 10.0. The summed E-state index contributed by atoms with van der Waals surface area (Å²) < 4.78 is 6.35. The van der Waals surface area contributed by atoms with E-state index in [4.69, 9.17) is 4.74 Å². The molecule has 0 bridgehead atoms. The molecule has 0 radical (unpaired) electrons. The van der Waals surface area contributed by atoms with Crippen LogP contribution in [0.4, 0.5) is 5.69 Å². The van der Waals surface area contributed by atoms with E-state index < -0.39 is 0 Å². The molecular formula is C23H25NO. The minimum absolute atomic E-state index is 0.0377. The van der Waals surface area contributed by atoms with Crippen LogP contribution in [0.2, 0.25) is 0 Å². The van der Waals surface area contributed by atoms with E-state index in [0.29, 0.717) is 0 Å². The van der Waals surface area contributed by atoms with Gasteiger partial charge < -0.3 is 9.64 Å². The van der Waals surface area contributed by atoms with Crippen LogP contribution in [-0.4, -0.2) is 12.8 Å². The van der Waals surface area contributed by atoms with Gasteiger partial charge in [-0.25, -0.2) is 0 Å². The molecule has 0 fully saturated rings. The molecule has 0 heterocycles. The van der Waals surface area contributed by atoms with E-state index in [9.17, 15) is 0 Å². The van der Waals surface area contributed by atoms with Gasteiger partial charge in [-0.05, 0) is 43.2 Å². The van der Waals surface area contributed by atoms with E-state index in [1.165, 1.54) is 16.8 Å². The van der Waals surface area contributed by atoms with Gasteiger partial charge in [0, 0.05) is 18.7 Å². The van der Waals surface area contributed by atoms with Gasteiger partial charge in [-0.1, -0.05) is 66.7 Å². The van der Waals surface area contributed by atoms with Crippen LogP contribution >= 0.6 is 0 Å². The Bertz CT molecular complexity index is 770. The molecule has 0 aliphatic rings. The van der Waals surface area contributed by atoms with Crippen molar-refractivity contribution in [2.45, 2.75) is 26.5 Å². The molecule has 0 aromatic heterocycles. The quantitative estimate of drug-likeness (QED) is 0.528. The van der Waals surface area contributed by atoms with Crippen molar-refractivity contribution < 1.29 is 4.74 Å². The molecular weight excluding hydrogens is 306 g/mol. The fourth-order valence-electron chi connectivity index (χ4n) is 3.10. The van der Waals surface area contributed by atoms with Gasteiger partial charge >= 0.3 is 0 Å². The minimum atomic E-state index is -0.0377. The molecule has 1 atom stereocenters. The van der Waals surface area contributed by atoms with Crippen molar-refractivity contribution >= 4 is 5.69 Å². The van der Waals surface area contributed by atoms with Gasteiger partial charge in [0.15, 0.2) is 6.23 Å². The summed E-state index contributed by atoms with van der Waals surface area (Å²) in [5.41, 5.74) is 3.68. The summed E-state index contributed by atoms with van der Waals surface area (Å²) in [6.45, 7) is 5.16.